The minimum absolute atomic E-state index is 0.166. The molecule has 9 nitrogen and oxygen atoms in total. The molecule has 4 rings (SSSR count). The fraction of sp³-hybridized carbons (Fsp3) is 0.100. The number of aromatic nitrogens is 4. The lowest BCUT2D eigenvalue weighted by molar-refractivity contribution is -0.117. The first-order chi connectivity index (χ1) is 14.2. The first kappa shape index (κ1) is 18.2. The summed E-state index contributed by atoms with van der Waals surface area (Å²) in [6, 6.07) is 16.0. The molecule has 0 spiro atoms. The van der Waals surface area contributed by atoms with Gasteiger partial charge in [0.1, 0.15) is 18.0 Å². The van der Waals surface area contributed by atoms with Gasteiger partial charge in [-0.05, 0) is 24.3 Å². The van der Waals surface area contributed by atoms with Crippen molar-refractivity contribution in [1.29, 1.82) is 0 Å². The topological polar surface area (TPSA) is 99.8 Å². The first-order valence-corrected chi connectivity index (χ1v) is 8.75. The van der Waals surface area contributed by atoms with Crippen molar-refractivity contribution >= 4 is 17.2 Å². The Morgan fingerprint density at radius 3 is 2.66 bits per heavy atom. The van der Waals surface area contributed by atoms with Crippen LogP contribution in [0, 0.1) is 0 Å². The van der Waals surface area contributed by atoms with Crippen molar-refractivity contribution < 1.29 is 14.3 Å². The van der Waals surface area contributed by atoms with Crippen LogP contribution in [0.15, 0.2) is 71.8 Å². The molecule has 4 aromatic rings. The van der Waals surface area contributed by atoms with Crippen LogP contribution in [0.2, 0.25) is 0 Å². The zero-order chi connectivity index (χ0) is 20.2. The first-order valence-electron chi connectivity index (χ1n) is 8.75. The predicted molar refractivity (Wildman–Crippen MR) is 105 cm³/mol. The van der Waals surface area contributed by atoms with E-state index in [0.29, 0.717) is 17.2 Å². The Bertz CT molecular complexity index is 1220. The highest BCUT2D eigenvalue weighted by atomic mass is 16.5. The van der Waals surface area contributed by atoms with E-state index in [0.717, 1.165) is 4.68 Å². The molecule has 1 N–H and O–H groups in total. The van der Waals surface area contributed by atoms with Crippen LogP contribution in [-0.4, -0.2) is 32.2 Å². The summed E-state index contributed by atoms with van der Waals surface area (Å²) >= 11 is 0. The number of nitrogens with zero attached hydrogens (tertiary/aromatic N) is 4. The molecule has 0 bridgehead atoms. The van der Waals surface area contributed by atoms with Gasteiger partial charge >= 0.3 is 5.69 Å². The van der Waals surface area contributed by atoms with E-state index in [1.165, 1.54) is 23.9 Å². The third-order valence-corrected chi connectivity index (χ3v) is 4.10. The summed E-state index contributed by atoms with van der Waals surface area (Å²) in [5, 5.41) is 6.94. The third-order valence-electron chi connectivity index (χ3n) is 4.10. The largest absolute Gasteiger partial charge is 0.495 e. The summed E-state index contributed by atoms with van der Waals surface area (Å²) in [6.45, 7) is -0.274. The molecule has 0 atom stereocenters. The van der Waals surface area contributed by atoms with Crippen molar-refractivity contribution in [2.24, 2.45) is 0 Å². The summed E-state index contributed by atoms with van der Waals surface area (Å²) in [5.41, 5.74) is 0.244. The van der Waals surface area contributed by atoms with Crippen molar-refractivity contribution in [1.82, 2.24) is 19.2 Å². The van der Waals surface area contributed by atoms with Crippen LogP contribution < -0.4 is 20.5 Å². The van der Waals surface area contributed by atoms with Crippen molar-refractivity contribution in [3.05, 3.63) is 77.5 Å². The summed E-state index contributed by atoms with van der Waals surface area (Å²) in [5.74, 6) is 0.827. The average Bonchev–Trinajstić information content (AvgIpc) is 3.06. The van der Waals surface area contributed by atoms with Gasteiger partial charge in [0.25, 0.3) is 5.88 Å². The third kappa shape index (κ3) is 3.79. The van der Waals surface area contributed by atoms with Gasteiger partial charge in [0.2, 0.25) is 11.6 Å². The number of carbonyl (C=O) groups is 1. The number of amides is 1. The normalized spacial score (nSPS) is 10.7. The summed E-state index contributed by atoms with van der Waals surface area (Å²) in [6.07, 6.45) is 2.91. The lowest BCUT2D eigenvalue weighted by Crippen LogP contribution is -2.28. The maximum Gasteiger partial charge on any atom is 0.351 e. The van der Waals surface area contributed by atoms with Gasteiger partial charge in [0.15, 0.2) is 0 Å². The van der Waals surface area contributed by atoms with Gasteiger partial charge < -0.3 is 14.8 Å². The van der Waals surface area contributed by atoms with Gasteiger partial charge in [0, 0.05) is 12.4 Å². The molecule has 0 saturated heterocycles. The number of hydrogen-bond acceptors (Lipinski definition) is 6. The maximum absolute atomic E-state index is 12.6. The van der Waals surface area contributed by atoms with Gasteiger partial charge in [-0.2, -0.15) is 0 Å². The maximum atomic E-state index is 12.6. The zero-order valence-corrected chi connectivity index (χ0v) is 15.5. The van der Waals surface area contributed by atoms with Crippen LogP contribution in [0.3, 0.4) is 0 Å². The molecule has 2 aromatic heterocycles. The molecule has 0 saturated carbocycles. The van der Waals surface area contributed by atoms with E-state index in [9.17, 15) is 9.59 Å². The molecule has 29 heavy (non-hydrogen) atoms. The number of para-hydroxylation sites is 3. The monoisotopic (exact) mass is 391 g/mol. The van der Waals surface area contributed by atoms with E-state index >= 15 is 0 Å². The van der Waals surface area contributed by atoms with Gasteiger partial charge in [-0.1, -0.05) is 30.3 Å². The Hall–Kier alpha value is -4.14. The Morgan fingerprint density at radius 1 is 1.10 bits per heavy atom. The molecular formula is C20H17N5O4. The summed E-state index contributed by atoms with van der Waals surface area (Å²) in [7, 11) is 1.51. The number of anilines is 1. The quantitative estimate of drug-likeness (QED) is 0.542. The second kappa shape index (κ2) is 7.85. The molecule has 1 amide bonds. The van der Waals surface area contributed by atoms with Crippen molar-refractivity contribution in [2.75, 3.05) is 12.4 Å². The zero-order valence-electron chi connectivity index (χ0n) is 15.5. The molecule has 0 fully saturated rings. The smallest absolute Gasteiger partial charge is 0.351 e. The summed E-state index contributed by atoms with van der Waals surface area (Å²) < 4.78 is 13.3. The second-order valence-electron chi connectivity index (χ2n) is 6.03. The van der Waals surface area contributed by atoms with Crippen LogP contribution in [0.5, 0.6) is 17.4 Å². The lowest BCUT2D eigenvalue weighted by Gasteiger charge is -2.09. The number of rotatable bonds is 6. The standard InChI is InChI=1S/C20H17N5O4/c1-28-16-10-6-5-9-15(16)22-17(26)13-25-20(27)24-12-11-21-19(18(24)23-25)29-14-7-3-2-4-8-14/h2-12H,13H2,1H3,(H,22,26). The molecule has 2 aromatic carbocycles. The van der Waals surface area contributed by atoms with E-state index in [-0.39, 0.29) is 18.1 Å². The molecule has 0 aliphatic rings. The number of fused-ring (bicyclic) bond motifs is 1. The van der Waals surface area contributed by atoms with E-state index in [1.54, 1.807) is 36.4 Å². The lowest BCUT2D eigenvalue weighted by atomic mass is 10.3. The molecule has 9 heteroatoms. The van der Waals surface area contributed by atoms with E-state index in [2.05, 4.69) is 15.4 Å². The number of ether oxygens (including phenoxy) is 2. The van der Waals surface area contributed by atoms with E-state index in [4.69, 9.17) is 9.47 Å². The highest BCUT2D eigenvalue weighted by molar-refractivity contribution is 5.92. The fourth-order valence-electron chi connectivity index (χ4n) is 2.77. The number of nitrogens with one attached hydrogen (secondary N) is 1. The van der Waals surface area contributed by atoms with E-state index < -0.39 is 11.6 Å². The average molecular weight is 391 g/mol. The highest BCUT2D eigenvalue weighted by Gasteiger charge is 2.16. The van der Waals surface area contributed by atoms with Gasteiger partial charge in [-0.15, -0.1) is 5.10 Å². The molecule has 0 unspecified atom stereocenters. The molecule has 146 valence electrons. The minimum Gasteiger partial charge on any atom is -0.495 e. The van der Waals surface area contributed by atoms with Crippen molar-refractivity contribution in [2.45, 2.75) is 6.54 Å². The van der Waals surface area contributed by atoms with Crippen LogP contribution in [-0.2, 0) is 11.3 Å². The Kier molecular flexibility index (Phi) is 4.93. The minimum atomic E-state index is -0.476. The fourth-order valence-corrected chi connectivity index (χ4v) is 2.77. The van der Waals surface area contributed by atoms with E-state index in [1.807, 2.05) is 18.2 Å². The number of methoxy groups -OCH3 is 1. The predicted octanol–water partition coefficient (Wildman–Crippen LogP) is 2.33. The molecule has 0 aliphatic heterocycles. The van der Waals surface area contributed by atoms with Crippen molar-refractivity contribution in [3.63, 3.8) is 0 Å². The molecule has 2 heterocycles. The number of carbonyl (C=O) groups excluding carboxylic acids is 1. The Labute approximate surface area is 165 Å². The molecular weight excluding hydrogens is 374 g/mol. The van der Waals surface area contributed by atoms with Crippen LogP contribution in [0.4, 0.5) is 5.69 Å². The highest BCUT2D eigenvalue weighted by Crippen LogP contribution is 2.23. The Morgan fingerprint density at radius 2 is 1.86 bits per heavy atom. The van der Waals surface area contributed by atoms with Gasteiger partial charge in [-0.25, -0.2) is 18.9 Å². The van der Waals surface area contributed by atoms with Gasteiger partial charge in [0.05, 0.1) is 12.8 Å². The number of hydrogen-bond donors (Lipinski definition) is 1. The number of benzene rings is 2. The van der Waals surface area contributed by atoms with Gasteiger partial charge in [-0.3, -0.25) is 4.79 Å². The second-order valence-corrected chi connectivity index (χ2v) is 6.03. The van der Waals surface area contributed by atoms with Crippen molar-refractivity contribution in [3.8, 4) is 17.4 Å². The van der Waals surface area contributed by atoms with Crippen LogP contribution in [0.1, 0.15) is 0 Å². The SMILES string of the molecule is COc1ccccc1NC(=O)Cn1nc2c(Oc3ccccc3)nccn2c1=O. The summed E-state index contributed by atoms with van der Waals surface area (Å²) in [4.78, 5) is 29.2. The molecule has 0 radical (unpaired) electrons. The van der Waals surface area contributed by atoms with Crippen LogP contribution in [0.25, 0.3) is 5.65 Å². The van der Waals surface area contributed by atoms with Crippen LogP contribution >= 0.6 is 0 Å². The molecule has 0 aliphatic carbocycles. The Balaban J connectivity index is 1.60.